The third-order valence-corrected chi connectivity index (χ3v) is 12.4. The number of piperidine rings is 1. The number of carbonyl (C=O) groups is 5. The molecule has 3 aliphatic heterocycles. The van der Waals surface area contributed by atoms with Crippen molar-refractivity contribution in [2.75, 3.05) is 60.9 Å². The lowest BCUT2D eigenvalue weighted by molar-refractivity contribution is -0.134. The van der Waals surface area contributed by atoms with E-state index < -0.39 is 17.7 Å². The Morgan fingerprint density at radius 1 is 0.781 bits per heavy atom. The van der Waals surface area contributed by atoms with Gasteiger partial charge in [-0.05, 0) is 87.1 Å². The number of hydrogen-bond acceptors (Lipinski definition) is 10. The Morgan fingerprint density at radius 3 is 2.25 bits per heavy atom. The summed E-state index contributed by atoms with van der Waals surface area (Å²) in [7, 11) is 0. The highest BCUT2D eigenvalue weighted by Gasteiger charge is 2.31. The molecule has 15 nitrogen and oxygen atoms in total. The molecule has 0 spiro atoms. The molecule has 0 saturated carbocycles. The van der Waals surface area contributed by atoms with Crippen LogP contribution >= 0.6 is 0 Å². The molecule has 2 aromatic carbocycles. The van der Waals surface area contributed by atoms with E-state index in [9.17, 15) is 32.8 Å². The molecule has 3 aliphatic rings. The normalized spacial score (nSPS) is 17.8. The summed E-state index contributed by atoms with van der Waals surface area (Å²) in [4.78, 5) is 72.7. The van der Waals surface area contributed by atoms with Gasteiger partial charge in [0.1, 0.15) is 29.1 Å². The molecule has 0 radical (unpaired) electrons. The Bertz CT molecular complexity index is 2250. The maximum atomic E-state index is 14.6. The van der Waals surface area contributed by atoms with Gasteiger partial charge in [0.05, 0.1) is 12.2 Å². The van der Waals surface area contributed by atoms with Gasteiger partial charge >= 0.3 is 0 Å². The number of anilines is 3. The minimum atomic E-state index is -0.492. The number of amides is 5. The number of hydrogen-bond donors (Lipinski definition) is 4. The van der Waals surface area contributed by atoms with Crippen LogP contribution in [0.3, 0.4) is 0 Å². The van der Waals surface area contributed by atoms with E-state index in [1.807, 2.05) is 34.1 Å². The third kappa shape index (κ3) is 12.3. The zero-order valence-electron chi connectivity index (χ0n) is 36.5. The van der Waals surface area contributed by atoms with Crippen molar-refractivity contribution in [3.8, 4) is 0 Å². The van der Waals surface area contributed by atoms with Crippen molar-refractivity contribution in [1.29, 1.82) is 0 Å². The molecule has 2 aromatic heterocycles. The first-order chi connectivity index (χ1) is 31.1. The molecule has 0 bridgehead atoms. The van der Waals surface area contributed by atoms with Crippen LogP contribution in [0, 0.1) is 11.6 Å². The number of imide groups is 1. The lowest BCUT2D eigenvalue weighted by Gasteiger charge is -2.36. The predicted octanol–water partition coefficient (Wildman–Crippen LogP) is 6.05. The molecule has 64 heavy (non-hydrogen) atoms. The second-order valence-corrected chi connectivity index (χ2v) is 17.0. The standard InChI is InChI=1S/C47H60F2N10O5/c48-33-14-19-38(49)36(31-33)40-11-9-25-58(40)41-22-26-59-45(54-41)37(32-52-59)46(63)51-24-10-23-50-42(60)12-7-5-3-1-2-4-6-8-13-44(62)57-29-27-56(28-30-57)35-17-15-34(16-18-35)53-39-20-21-43(61)55-47(39)64/h14-19,22,26,31-32,39-40,53H,1-13,20-21,23-25,27-30H2,(H,50,60)(H,51,63)(H,55,61,64)/t39?,40-/m1/s1. The van der Waals surface area contributed by atoms with Crippen LogP contribution in [-0.4, -0.2) is 101 Å². The molecule has 5 heterocycles. The van der Waals surface area contributed by atoms with Gasteiger partial charge in [-0.15, -0.1) is 0 Å². The van der Waals surface area contributed by atoms with Crippen LogP contribution in [0.25, 0.3) is 5.65 Å². The predicted molar refractivity (Wildman–Crippen MR) is 240 cm³/mol. The van der Waals surface area contributed by atoms with Gasteiger partial charge in [-0.2, -0.15) is 5.10 Å². The van der Waals surface area contributed by atoms with Crippen molar-refractivity contribution >= 4 is 52.4 Å². The van der Waals surface area contributed by atoms with Gasteiger partial charge in [-0.3, -0.25) is 29.3 Å². The Kier molecular flexibility index (Phi) is 16.1. The molecule has 1 unspecified atom stereocenters. The highest BCUT2D eigenvalue weighted by atomic mass is 19.1. The fraction of sp³-hybridized carbons (Fsp3) is 0.511. The van der Waals surface area contributed by atoms with E-state index in [-0.39, 0.29) is 41.1 Å². The largest absolute Gasteiger partial charge is 0.374 e. The van der Waals surface area contributed by atoms with E-state index in [1.54, 1.807) is 12.3 Å². The summed E-state index contributed by atoms with van der Waals surface area (Å²) < 4.78 is 30.1. The van der Waals surface area contributed by atoms with Crippen molar-refractivity contribution in [2.45, 2.75) is 108 Å². The average molecular weight is 883 g/mol. The maximum absolute atomic E-state index is 14.6. The topological polar surface area (TPSA) is 173 Å². The van der Waals surface area contributed by atoms with Crippen molar-refractivity contribution in [3.63, 3.8) is 0 Å². The summed E-state index contributed by atoms with van der Waals surface area (Å²) in [5.74, 6) is -1.02. The average Bonchev–Trinajstić information content (AvgIpc) is 3.97. The first kappa shape index (κ1) is 45.9. The summed E-state index contributed by atoms with van der Waals surface area (Å²) >= 11 is 0. The zero-order valence-corrected chi connectivity index (χ0v) is 36.5. The van der Waals surface area contributed by atoms with Crippen LogP contribution in [0.2, 0.25) is 0 Å². The van der Waals surface area contributed by atoms with E-state index in [2.05, 4.69) is 31.3 Å². The van der Waals surface area contributed by atoms with Crippen molar-refractivity contribution < 1.29 is 32.8 Å². The Labute approximate surface area is 372 Å². The molecule has 4 aromatic rings. The minimum absolute atomic E-state index is 0.00495. The molecule has 3 saturated heterocycles. The van der Waals surface area contributed by atoms with Crippen LogP contribution in [0.15, 0.2) is 60.9 Å². The minimum Gasteiger partial charge on any atom is -0.374 e. The molecule has 3 fully saturated rings. The van der Waals surface area contributed by atoms with E-state index in [0.29, 0.717) is 88.3 Å². The highest BCUT2D eigenvalue weighted by Crippen LogP contribution is 2.37. The van der Waals surface area contributed by atoms with Crippen molar-refractivity contribution in [2.24, 2.45) is 0 Å². The van der Waals surface area contributed by atoms with E-state index in [0.717, 1.165) is 94.4 Å². The number of benzene rings is 2. The number of aromatic nitrogens is 3. The monoisotopic (exact) mass is 882 g/mol. The van der Waals surface area contributed by atoms with Gasteiger partial charge in [0.15, 0.2) is 5.65 Å². The van der Waals surface area contributed by atoms with Gasteiger partial charge in [-0.25, -0.2) is 18.3 Å². The fourth-order valence-electron chi connectivity index (χ4n) is 8.81. The first-order valence-corrected chi connectivity index (χ1v) is 23.0. The number of piperazine rings is 1. The van der Waals surface area contributed by atoms with Gasteiger partial charge in [0.2, 0.25) is 23.6 Å². The van der Waals surface area contributed by atoms with Crippen LogP contribution in [0.1, 0.15) is 118 Å². The number of carbonyl (C=O) groups excluding carboxylic acids is 5. The number of nitrogens with one attached hydrogen (secondary N) is 4. The van der Waals surface area contributed by atoms with Crippen LogP contribution < -0.4 is 31.1 Å². The summed E-state index contributed by atoms with van der Waals surface area (Å²) in [6, 6.07) is 12.4. The van der Waals surface area contributed by atoms with E-state index in [1.165, 1.54) is 16.8 Å². The van der Waals surface area contributed by atoms with Crippen LogP contribution in [0.5, 0.6) is 0 Å². The molecule has 2 atom stereocenters. The van der Waals surface area contributed by atoms with Crippen molar-refractivity contribution in [3.05, 3.63) is 83.7 Å². The summed E-state index contributed by atoms with van der Waals surface area (Å²) in [5.41, 5.74) is 2.88. The Balaban J connectivity index is 0.686. The van der Waals surface area contributed by atoms with Gasteiger partial charge in [0, 0.05) is 88.2 Å². The lowest BCUT2D eigenvalue weighted by Crippen LogP contribution is -2.48. The molecule has 17 heteroatoms. The molecular weight excluding hydrogens is 823 g/mol. The third-order valence-electron chi connectivity index (χ3n) is 12.4. The quantitative estimate of drug-likeness (QED) is 0.0570. The summed E-state index contributed by atoms with van der Waals surface area (Å²) in [6.07, 6.45) is 15.2. The number of fused-ring (bicyclic) bond motifs is 1. The smallest absolute Gasteiger partial charge is 0.256 e. The van der Waals surface area contributed by atoms with E-state index >= 15 is 0 Å². The molecule has 7 rings (SSSR count). The van der Waals surface area contributed by atoms with Crippen LogP contribution in [0.4, 0.5) is 26.0 Å². The summed E-state index contributed by atoms with van der Waals surface area (Å²) in [5, 5.41) is 15.7. The second kappa shape index (κ2) is 22.5. The highest BCUT2D eigenvalue weighted by molar-refractivity contribution is 6.01. The fourth-order valence-corrected chi connectivity index (χ4v) is 8.81. The zero-order chi connectivity index (χ0) is 44.8. The van der Waals surface area contributed by atoms with Crippen LogP contribution in [-0.2, 0) is 19.2 Å². The Morgan fingerprint density at radius 2 is 1.50 bits per heavy atom. The summed E-state index contributed by atoms with van der Waals surface area (Å²) in [6.45, 7) is 4.38. The van der Waals surface area contributed by atoms with Gasteiger partial charge in [0.25, 0.3) is 5.91 Å². The molecule has 4 N–H and O–H groups in total. The maximum Gasteiger partial charge on any atom is 0.256 e. The Hall–Kier alpha value is -6.13. The van der Waals surface area contributed by atoms with Gasteiger partial charge < -0.3 is 30.7 Å². The van der Waals surface area contributed by atoms with Gasteiger partial charge in [-0.1, -0.05) is 38.5 Å². The number of rotatable bonds is 21. The SMILES string of the molecule is O=C(CCCCCCCCCCC(=O)N1CCN(c2ccc(NC3CCC(=O)NC3=O)cc2)CC1)NCCCNC(=O)c1cnn2ccc(N3CCC[C@@H]3c3cc(F)ccc3F)nc12. The molecule has 342 valence electrons. The van der Waals surface area contributed by atoms with Crippen molar-refractivity contribution in [1.82, 2.24) is 35.4 Å². The van der Waals surface area contributed by atoms with E-state index in [4.69, 9.17) is 4.98 Å². The number of nitrogens with zero attached hydrogens (tertiary/aromatic N) is 6. The molecule has 0 aliphatic carbocycles. The second-order valence-electron chi connectivity index (χ2n) is 17.0. The molecule has 5 amide bonds. The number of unbranched alkanes of at least 4 members (excludes halogenated alkanes) is 7. The lowest BCUT2D eigenvalue weighted by atomic mass is 10.0. The molecular formula is C47H60F2N10O5. The first-order valence-electron chi connectivity index (χ1n) is 23.0. The number of halogens is 2.